The smallest absolute Gasteiger partial charge is 0.126 e. The predicted octanol–water partition coefficient (Wildman–Crippen LogP) is 2.59. The van der Waals surface area contributed by atoms with Crippen LogP contribution in [0.25, 0.3) is 0 Å². The molecule has 0 radical (unpaired) electrons. The van der Waals surface area contributed by atoms with Gasteiger partial charge < -0.3 is 9.84 Å². The monoisotopic (exact) mass is 224 g/mol. The van der Waals surface area contributed by atoms with Gasteiger partial charge in [-0.2, -0.15) is 0 Å². The highest BCUT2D eigenvalue weighted by Crippen LogP contribution is 2.33. The van der Waals surface area contributed by atoms with E-state index in [1.165, 1.54) is 6.07 Å². The van der Waals surface area contributed by atoms with Crippen molar-refractivity contribution in [3.8, 4) is 0 Å². The molecule has 3 heteroatoms. The van der Waals surface area contributed by atoms with Gasteiger partial charge in [0.05, 0.1) is 6.10 Å². The van der Waals surface area contributed by atoms with Crippen LogP contribution in [0, 0.1) is 18.7 Å². The first-order valence-corrected chi connectivity index (χ1v) is 5.71. The summed E-state index contributed by atoms with van der Waals surface area (Å²) in [6.07, 6.45) is 1.87. The highest BCUT2D eigenvalue weighted by Gasteiger charge is 2.27. The molecule has 1 N–H and O–H groups in total. The molecule has 1 heterocycles. The topological polar surface area (TPSA) is 29.5 Å². The highest BCUT2D eigenvalue weighted by atomic mass is 19.1. The fourth-order valence-corrected chi connectivity index (χ4v) is 2.24. The SMILES string of the molecule is Cc1cc(C2OCCCC2CO)ccc1F. The largest absolute Gasteiger partial charge is 0.396 e. The van der Waals surface area contributed by atoms with Gasteiger partial charge in [0.25, 0.3) is 0 Å². The second-order valence-corrected chi connectivity index (χ2v) is 4.38. The summed E-state index contributed by atoms with van der Waals surface area (Å²) in [6, 6.07) is 5.03. The molecule has 2 nitrogen and oxygen atoms in total. The van der Waals surface area contributed by atoms with Crippen molar-refractivity contribution in [1.82, 2.24) is 0 Å². The maximum absolute atomic E-state index is 13.2. The normalized spacial score (nSPS) is 25.7. The minimum absolute atomic E-state index is 0.0851. The van der Waals surface area contributed by atoms with E-state index in [1.54, 1.807) is 13.0 Å². The van der Waals surface area contributed by atoms with Crippen LogP contribution < -0.4 is 0 Å². The van der Waals surface area contributed by atoms with E-state index in [9.17, 15) is 9.50 Å². The maximum Gasteiger partial charge on any atom is 0.126 e. The van der Waals surface area contributed by atoms with Crippen molar-refractivity contribution in [2.45, 2.75) is 25.9 Å². The van der Waals surface area contributed by atoms with Crippen molar-refractivity contribution >= 4 is 0 Å². The zero-order chi connectivity index (χ0) is 11.5. The molecule has 2 rings (SSSR count). The lowest BCUT2D eigenvalue weighted by Gasteiger charge is -2.31. The second-order valence-electron chi connectivity index (χ2n) is 4.38. The van der Waals surface area contributed by atoms with Crippen molar-refractivity contribution in [3.05, 3.63) is 35.1 Å². The average molecular weight is 224 g/mol. The summed E-state index contributed by atoms with van der Waals surface area (Å²) in [4.78, 5) is 0. The Balaban J connectivity index is 2.23. The molecule has 0 spiro atoms. The number of aliphatic hydroxyl groups excluding tert-OH is 1. The Bertz CT molecular complexity index is 365. The Morgan fingerprint density at radius 3 is 3.00 bits per heavy atom. The minimum Gasteiger partial charge on any atom is -0.396 e. The number of halogens is 1. The van der Waals surface area contributed by atoms with Gasteiger partial charge in [-0.15, -0.1) is 0 Å². The third-order valence-electron chi connectivity index (χ3n) is 3.19. The van der Waals surface area contributed by atoms with Crippen molar-refractivity contribution in [2.24, 2.45) is 5.92 Å². The van der Waals surface area contributed by atoms with E-state index < -0.39 is 0 Å². The van der Waals surface area contributed by atoms with E-state index in [-0.39, 0.29) is 24.4 Å². The van der Waals surface area contributed by atoms with Gasteiger partial charge in [-0.3, -0.25) is 0 Å². The highest BCUT2D eigenvalue weighted by molar-refractivity contribution is 5.26. The number of aliphatic hydroxyl groups is 1. The first kappa shape index (κ1) is 11.6. The summed E-state index contributed by atoms with van der Waals surface area (Å²) >= 11 is 0. The quantitative estimate of drug-likeness (QED) is 0.836. The van der Waals surface area contributed by atoms with E-state index in [0.29, 0.717) is 5.56 Å². The molecule has 2 atom stereocenters. The van der Waals surface area contributed by atoms with E-state index in [2.05, 4.69) is 0 Å². The van der Waals surface area contributed by atoms with Crippen molar-refractivity contribution in [1.29, 1.82) is 0 Å². The molecule has 1 saturated heterocycles. The van der Waals surface area contributed by atoms with Crippen molar-refractivity contribution < 1.29 is 14.2 Å². The lowest BCUT2D eigenvalue weighted by molar-refractivity contribution is -0.0457. The van der Waals surface area contributed by atoms with Gasteiger partial charge in [-0.05, 0) is 37.0 Å². The molecule has 1 fully saturated rings. The van der Waals surface area contributed by atoms with Crippen LogP contribution in [0.1, 0.15) is 30.1 Å². The van der Waals surface area contributed by atoms with Crippen LogP contribution in [0.4, 0.5) is 4.39 Å². The van der Waals surface area contributed by atoms with E-state index in [0.717, 1.165) is 25.0 Å². The van der Waals surface area contributed by atoms with Crippen molar-refractivity contribution in [2.75, 3.05) is 13.2 Å². The summed E-state index contributed by atoms with van der Waals surface area (Å²) < 4.78 is 18.8. The lowest BCUT2D eigenvalue weighted by atomic mass is 9.89. The van der Waals surface area contributed by atoms with Crippen LogP contribution >= 0.6 is 0 Å². The number of aryl methyl sites for hydroxylation is 1. The molecule has 0 amide bonds. The Morgan fingerprint density at radius 1 is 1.50 bits per heavy atom. The van der Waals surface area contributed by atoms with Gasteiger partial charge in [-0.25, -0.2) is 4.39 Å². The Kier molecular flexibility index (Phi) is 3.56. The Hall–Kier alpha value is -0.930. The molecular formula is C13H17FO2. The molecule has 0 saturated carbocycles. The average Bonchev–Trinajstić information content (AvgIpc) is 2.32. The van der Waals surface area contributed by atoms with Gasteiger partial charge in [0.15, 0.2) is 0 Å². The molecule has 0 aromatic heterocycles. The van der Waals surface area contributed by atoms with E-state index in [4.69, 9.17) is 4.74 Å². The minimum atomic E-state index is -0.194. The molecule has 0 aliphatic carbocycles. The summed E-state index contributed by atoms with van der Waals surface area (Å²) in [7, 11) is 0. The zero-order valence-electron chi connectivity index (χ0n) is 9.45. The Labute approximate surface area is 95.1 Å². The third kappa shape index (κ3) is 2.25. The fourth-order valence-electron chi connectivity index (χ4n) is 2.24. The molecular weight excluding hydrogens is 207 g/mol. The molecule has 1 aromatic carbocycles. The summed E-state index contributed by atoms with van der Waals surface area (Å²) in [5.41, 5.74) is 1.60. The van der Waals surface area contributed by atoms with E-state index in [1.807, 2.05) is 6.07 Å². The fraction of sp³-hybridized carbons (Fsp3) is 0.538. The summed E-state index contributed by atoms with van der Waals surface area (Å²) in [6.45, 7) is 2.59. The van der Waals surface area contributed by atoms with Crippen LogP contribution in [0.3, 0.4) is 0 Å². The van der Waals surface area contributed by atoms with Crippen molar-refractivity contribution in [3.63, 3.8) is 0 Å². The first-order valence-electron chi connectivity index (χ1n) is 5.71. The third-order valence-corrected chi connectivity index (χ3v) is 3.19. The van der Waals surface area contributed by atoms with Crippen LogP contribution in [0.2, 0.25) is 0 Å². The first-order chi connectivity index (χ1) is 7.72. The van der Waals surface area contributed by atoms with Gasteiger partial charge in [-0.1, -0.05) is 12.1 Å². The maximum atomic E-state index is 13.2. The van der Waals surface area contributed by atoms with Gasteiger partial charge in [0.2, 0.25) is 0 Å². The number of hydrogen-bond acceptors (Lipinski definition) is 2. The standard InChI is InChI=1S/C13H17FO2/c1-9-7-10(4-5-12(9)14)13-11(8-15)3-2-6-16-13/h4-5,7,11,13,15H,2-3,6,8H2,1H3. The number of benzene rings is 1. The van der Waals surface area contributed by atoms with Gasteiger partial charge >= 0.3 is 0 Å². The number of hydrogen-bond donors (Lipinski definition) is 1. The predicted molar refractivity (Wildman–Crippen MR) is 59.6 cm³/mol. The zero-order valence-corrected chi connectivity index (χ0v) is 9.45. The molecule has 1 aromatic rings. The van der Waals surface area contributed by atoms with E-state index >= 15 is 0 Å². The van der Waals surface area contributed by atoms with Gasteiger partial charge in [0, 0.05) is 19.1 Å². The van der Waals surface area contributed by atoms with Crippen LogP contribution in [-0.4, -0.2) is 18.3 Å². The lowest BCUT2D eigenvalue weighted by Crippen LogP contribution is -2.25. The summed E-state index contributed by atoms with van der Waals surface area (Å²) in [5.74, 6) is -0.0567. The molecule has 16 heavy (non-hydrogen) atoms. The van der Waals surface area contributed by atoms with Crippen LogP contribution in [0.15, 0.2) is 18.2 Å². The molecule has 1 aliphatic heterocycles. The Morgan fingerprint density at radius 2 is 2.31 bits per heavy atom. The van der Waals surface area contributed by atoms with Crippen LogP contribution in [0.5, 0.6) is 0 Å². The molecule has 0 bridgehead atoms. The molecule has 1 aliphatic rings. The second kappa shape index (κ2) is 4.93. The molecule has 88 valence electrons. The molecule has 2 unspecified atom stereocenters. The van der Waals surface area contributed by atoms with Gasteiger partial charge in [0.1, 0.15) is 5.82 Å². The number of rotatable bonds is 2. The summed E-state index contributed by atoms with van der Waals surface area (Å²) in [5, 5.41) is 9.29. The van der Waals surface area contributed by atoms with Crippen LogP contribution in [-0.2, 0) is 4.74 Å². The number of ether oxygens (including phenoxy) is 1.